The summed E-state index contributed by atoms with van der Waals surface area (Å²) in [6.45, 7) is 0. The molecule has 0 aliphatic rings. The Hall–Kier alpha value is -0.820. The maximum atomic E-state index is 12.8. The lowest BCUT2D eigenvalue weighted by atomic mass is 10.3. The number of anilines is 1. The summed E-state index contributed by atoms with van der Waals surface area (Å²) in [5.41, 5.74) is 0.114. The van der Waals surface area contributed by atoms with Crippen LogP contribution in [0.3, 0.4) is 0 Å². The zero-order valence-corrected chi connectivity index (χ0v) is 11.8. The fraction of sp³-hybridized carbons (Fsp3) is 0. The fourth-order valence-electron chi connectivity index (χ4n) is 1.21. The van der Waals surface area contributed by atoms with Crippen molar-refractivity contribution < 1.29 is 12.8 Å². The predicted octanol–water partition coefficient (Wildman–Crippen LogP) is 3.99. The minimum absolute atomic E-state index is 0.0128. The molecule has 96 valence electrons. The van der Waals surface area contributed by atoms with Crippen molar-refractivity contribution in [1.29, 1.82) is 0 Å². The summed E-state index contributed by atoms with van der Waals surface area (Å²) < 4.78 is 39.4. The molecule has 2 rings (SSSR count). The zero-order valence-electron chi connectivity index (χ0n) is 8.65. The van der Waals surface area contributed by atoms with Gasteiger partial charge in [-0.25, -0.2) is 12.8 Å². The molecule has 0 saturated heterocycles. The van der Waals surface area contributed by atoms with Crippen LogP contribution in [0.2, 0.25) is 9.36 Å². The van der Waals surface area contributed by atoms with E-state index in [0.717, 1.165) is 23.5 Å². The molecule has 18 heavy (non-hydrogen) atoms. The molecule has 8 heteroatoms. The number of benzene rings is 1. The van der Waals surface area contributed by atoms with Crippen molar-refractivity contribution in [2.45, 2.75) is 4.21 Å². The molecule has 0 atom stereocenters. The molecule has 0 aliphatic heterocycles. The largest absolute Gasteiger partial charge is 0.277 e. The third-order valence-corrected chi connectivity index (χ3v) is 5.39. The van der Waals surface area contributed by atoms with Gasteiger partial charge in [-0.3, -0.25) is 4.72 Å². The van der Waals surface area contributed by atoms with E-state index in [-0.39, 0.29) is 14.9 Å². The van der Waals surface area contributed by atoms with Gasteiger partial charge in [-0.2, -0.15) is 0 Å². The standard InChI is InChI=1S/C10H6Cl2FNO2S2/c11-7-5-6(13)1-2-8(7)14-18(15,16)10-4-3-9(12)17-10/h1-5,14H. The molecule has 1 N–H and O–H groups in total. The Balaban J connectivity index is 2.33. The first-order valence-electron chi connectivity index (χ1n) is 4.62. The summed E-state index contributed by atoms with van der Waals surface area (Å²) in [7, 11) is -3.75. The van der Waals surface area contributed by atoms with E-state index in [4.69, 9.17) is 23.2 Å². The predicted molar refractivity (Wildman–Crippen MR) is 71.5 cm³/mol. The molecule has 1 aromatic carbocycles. The van der Waals surface area contributed by atoms with Crippen molar-refractivity contribution in [2.24, 2.45) is 0 Å². The van der Waals surface area contributed by atoms with E-state index < -0.39 is 15.8 Å². The van der Waals surface area contributed by atoms with Crippen LogP contribution in [0.4, 0.5) is 10.1 Å². The number of hydrogen-bond acceptors (Lipinski definition) is 3. The van der Waals surface area contributed by atoms with Gasteiger partial charge in [0.1, 0.15) is 10.0 Å². The third kappa shape index (κ3) is 2.95. The average molecular weight is 326 g/mol. The fourth-order valence-corrected chi connectivity index (χ4v) is 4.04. The van der Waals surface area contributed by atoms with Crippen LogP contribution in [0, 0.1) is 5.82 Å². The van der Waals surface area contributed by atoms with Crippen LogP contribution in [0.5, 0.6) is 0 Å². The van der Waals surface area contributed by atoms with Crippen molar-refractivity contribution in [2.75, 3.05) is 4.72 Å². The first-order valence-corrected chi connectivity index (χ1v) is 7.67. The van der Waals surface area contributed by atoms with Crippen molar-refractivity contribution in [3.05, 3.63) is 45.5 Å². The smallest absolute Gasteiger partial charge is 0.271 e. The Bertz CT molecular complexity index is 685. The monoisotopic (exact) mass is 325 g/mol. The van der Waals surface area contributed by atoms with Gasteiger partial charge in [0.05, 0.1) is 15.0 Å². The molecule has 1 aromatic heterocycles. The van der Waals surface area contributed by atoms with Gasteiger partial charge < -0.3 is 0 Å². The van der Waals surface area contributed by atoms with Crippen molar-refractivity contribution >= 4 is 50.2 Å². The Labute approximate surface area is 117 Å². The molecule has 3 nitrogen and oxygen atoms in total. The molecule has 0 fully saturated rings. The van der Waals surface area contributed by atoms with Crippen LogP contribution in [-0.2, 0) is 10.0 Å². The third-order valence-electron chi connectivity index (χ3n) is 1.99. The van der Waals surface area contributed by atoms with Gasteiger partial charge in [-0.15, -0.1) is 11.3 Å². The molecule has 1 heterocycles. The van der Waals surface area contributed by atoms with Gasteiger partial charge in [-0.05, 0) is 30.3 Å². The quantitative estimate of drug-likeness (QED) is 0.927. The Morgan fingerprint density at radius 2 is 1.89 bits per heavy atom. The second-order valence-electron chi connectivity index (χ2n) is 3.29. The Kier molecular flexibility index (Phi) is 3.82. The first kappa shape index (κ1) is 13.6. The summed E-state index contributed by atoms with van der Waals surface area (Å²) in [4.78, 5) is 0. The Morgan fingerprint density at radius 3 is 2.44 bits per heavy atom. The Morgan fingerprint density at radius 1 is 1.17 bits per heavy atom. The average Bonchev–Trinajstić information content (AvgIpc) is 2.70. The summed E-state index contributed by atoms with van der Waals surface area (Å²) in [6, 6.07) is 6.26. The topological polar surface area (TPSA) is 46.2 Å². The van der Waals surface area contributed by atoms with Crippen LogP contribution in [0.25, 0.3) is 0 Å². The molecule has 0 radical (unpaired) electrons. The van der Waals surface area contributed by atoms with Gasteiger partial charge in [0.2, 0.25) is 0 Å². The summed E-state index contributed by atoms with van der Waals surface area (Å²) in [6.07, 6.45) is 0. The van der Waals surface area contributed by atoms with E-state index in [0.29, 0.717) is 4.34 Å². The molecule has 0 saturated carbocycles. The number of rotatable bonds is 3. The van der Waals surface area contributed by atoms with Crippen LogP contribution in [-0.4, -0.2) is 8.42 Å². The number of sulfonamides is 1. The van der Waals surface area contributed by atoms with Crippen LogP contribution in [0.15, 0.2) is 34.5 Å². The summed E-state index contributed by atoms with van der Waals surface area (Å²) in [5.74, 6) is -0.540. The highest BCUT2D eigenvalue weighted by atomic mass is 35.5. The van der Waals surface area contributed by atoms with E-state index in [1.54, 1.807) is 0 Å². The van der Waals surface area contributed by atoms with Crippen molar-refractivity contribution in [3.63, 3.8) is 0 Å². The van der Waals surface area contributed by atoms with E-state index >= 15 is 0 Å². The first-order chi connectivity index (χ1) is 8.38. The molecule has 0 unspecified atom stereocenters. The summed E-state index contributed by atoms with van der Waals surface area (Å²) >= 11 is 12.3. The van der Waals surface area contributed by atoms with E-state index in [2.05, 4.69) is 4.72 Å². The normalized spacial score (nSPS) is 11.5. The lowest BCUT2D eigenvalue weighted by molar-refractivity contribution is 0.603. The molecule has 0 spiro atoms. The molecular formula is C10H6Cl2FNO2S2. The maximum absolute atomic E-state index is 12.8. The number of nitrogens with one attached hydrogen (secondary N) is 1. The molecular weight excluding hydrogens is 320 g/mol. The lowest BCUT2D eigenvalue weighted by Crippen LogP contribution is -2.11. The zero-order chi connectivity index (χ0) is 13.3. The number of halogens is 3. The molecule has 0 amide bonds. The van der Waals surface area contributed by atoms with Crippen molar-refractivity contribution in [3.8, 4) is 0 Å². The minimum Gasteiger partial charge on any atom is -0.277 e. The minimum atomic E-state index is -3.75. The second-order valence-corrected chi connectivity index (χ2v) is 7.32. The van der Waals surface area contributed by atoms with E-state index in [1.165, 1.54) is 18.2 Å². The van der Waals surface area contributed by atoms with E-state index in [1.807, 2.05) is 0 Å². The second kappa shape index (κ2) is 5.05. The van der Waals surface area contributed by atoms with Gasteiger partial charge >= 0.3 is 0 Å². The number of hydrogen-bond donors (Lipinski definition) is 1. The summed E-state index contributed by atoms with van der Waals surface area (Å²) in [5, 5.41) is -0.0128. The van der Waals surface area contributed by atoms with Gasteiger partial charge in [0, 0.05) is 0 Å². The van der Waals surface area contributed by atoms with E-state index in [9.17, 15) is 12.8 Å². The molecule has 2 aromatic rings. The SMILES string of the molecule is O=S(=O)(Nc1ccc(F)cc1Cl)c1ccc(Cl)s1. The van der Waals surface area contributed by atoms with Gasteiger partial charge in [0.25, 0.3) is 10.0 Å². The van der Waals surface area contributed by atoms with Crippen molar-refractivity contribution in [1.82, 2.24) is 0 Å². The van der Waals surface area contributed by atoms with Crippen LogP contribution in [0.1, 0.15) is 0 Å². The highest BCUT2D eigenvalue weighted by Gasteiger charge is 2.18. The highest BCUT2D eigenvalue weighted by Crippen LogP contribution is 2.29. The lowest BCUT2D eigenvalue weighted by Gasteiger charge is -2.07. The highest BCUT2D eigenvalue weighted by molar-refractivity contribution is 7.94. The molecule has 0 bridgehead atoms. The van der Waals surface area contributed by atoms with Crippen LogP contribution >= 0.6 is 34.5 Å². The molecule has 0 aliphatic carbocycles. The van der Waals surface area contributed by atoms with Gasteiger partial charge in [-0.1, -0.05) is 23.2 Å². The van der Waals surface area contributed by atoms with Gasteiger partial charge in [0.15, 0.2) is 0 Å². The number of thiophene rings is 1. The van der Waals surface area contributed by atoms with Crippen LogP contribution < -0.4 is 4.72 Å². The maximum Gasteiger partial charge on any atom is 0.271 e.